The number of rotatable bonds is 5. The van der Waals surface area contributed by atoms with E-state index in [1.165, 1.54) is 29.3 Å². The average molecular weight is 509 g/mol. The second kappa shape index (κ2) is 10.2. The minimum absolute atomic E-state index is 0.0227. The summed E-state index contributed by atoms with van der Waals surface area (Å²) in [6.45, 7) is -0.170. The van der Waals surface area contributed by atoms with Gasteiger partial charge in [0.05, 0.1) is 11.8 Å². The van der Waals surface area contributed by atoms with Crippen LogP contribution in [0.5, 0.6) is 5.75 Å². The number of carbonyl (C=O) groups is 1. The van der Waals surface area contributed by atoms with Gasteiger partial charge in [0, 0.05) is 5.92 Å². The van der Waals surface area contributed by atoms with Crippen molar-refractivity contribution in [1.82, 2.24) is 5.01 Å². The number of benzene rings is 4. The van der Waals surface area contributed by atoms with Gasteiger partial charge in [0.1, 0.15) is 17.4 Å². The van der Waals surface area contributed by atoms with Crippen LogP contribution in [0, 0.1) is 17.6 Å². The quantitative estimate of drug-likeness (QED) is 0.283. The van der Waals surface area contributed by atoms with Crippen LogP contribution in [0.25, 0.3) is 16.8 Å². The normalized spacial score (nSPS) is 19.9. The van der Waals surface area contributed by atoms with E-state index in [9.17, 15) is 13.6 Å². The number of amides is 1. The van der Waals surface area contributed by atoms with Crippen molar-refractivity contribution < 1.29 is 18.3 Å². The third-order valence-corrected chi connectivity index (χ3v) is 7.26. The first kappa shape index (κ1) is 24.0. The summed E-state index contributed by atoms with van der Waals surface area (Å²) >= 11 is 0. The van der Waals surface area contributed by atoms with Gasteiger partial charge < -0.3 is 4.74 Å². The highest BCUT2D eigenvalue weighted by molar-refractivity contribution is 6.08. The molecule has 0 bridgehead atoms. The van der Waals surface area contributed by atoms with Gasteiger partial charge >= 0.3 is 0 Å². The summed E-state index contributed by atoms with van der Waals surface area (Å²) in [6.07, 6.45) is 4.63. The number of ether oxygens (including phenoxy) is 1. The van der Waals surface area contributed by atoms with Gasteiger partial charge in [-0.1, -0.05) is 54.6 Å². The summed E-state index contributed by atoms with van der Waals surface area (Å²) in [5.41, 5.74) is 3.60. The second-order valence-corrected chi connectivity index (χ2v) is 9.74. The molecule has 0 N–H and O–H groups in total. The van der Waals surface area contributed by atoms with E-state index in [-0.39, 0.29) is 36.1 Å². The van der Waals surface area contributed by atoms with Gasteiger partial charge in [0.15, 0.2) is 6.61 Å². The van der Waals surface area contributed by atoms with Crippen LogP contribution in [-0.4, -0.2) is 23.2 Å². The smallest absolute Gasteiger partial charge is 0.281 e. The Hall–Kier alpha value is -4.32. The third-order valence-electron chi connectivity index (χ3n) is 7.26. The number of hydrogen-bond acceptors (Lipinski definition) is 3. The molecule has 1 heterocycles. The zero-order valence-corrected chi connectivity index (χ0v) is 20.7. The van der Waals surface area contributed by atoms with Gasteiger partial charge in [0.2, 0.25) is 0 Å². The molecule has 1 aliphatic carbocycles. The molecule has 6 rings (SSSR count). The van der Waals surface area contributed by atoms with Crippen LogP contribution in [0.3, 0.4) is 0 Å². The van der Waals surface area contributed by atoms with E-state index in [4.69, 9.17) is 9.84 Å². The van der Waals surface area contributed by atoms with Gasteiger partial charge in [-0.3, -0.25) is 4.79 Å². The third kappa shape index (κ3) is 4.82. The fourth-order valence-electron chi connectivity index (χ4n) is 5.43. The van der Waals surface area contributed by atoms with Gasteiger partial charge in [-0.2, -0.15) is 5.10 Å². The van der Waals surface area contributed by atoms with Gasteiger partial charge in [0.25, 0.3) is 5.91 Å². The molecule has 4 aromatic rings. The van der Waals surface area contributed by atoms with E-state index < -0.39 is 0 Å². The van der Waals surface area contributed by atoms with Crippen molar-refractivity contribution in [1.29, 1.82) is 0 Å². The molecule has 1 aliphatic heterocycles. The minimum atomic E-state index is -0.352. The maximum Gasteiger partial charge on any atom is 0.281 e. The number of halogens is 2. The number of fused-ring (bicyclic) bond motifs is 2. The second-order valence-electron chi connectivity index (χ2n) is 9.74. The van der Waals surface area contributed by atoms with Gasteiger partial charge in [-0.15, -0.1) is 0 Å². The van der Waals surface area contributed by atoms with E-state index in [0.29, 0.717) is 5.75 Å². The molecule has 0 saturated heterocycles. The summed E-state index contributed by atoms with van der Waals surface area (Å²) < 4.78 is 33.1. The Morgan fingerprint density at radius 2 is 1.63 bits per heavy atom. The van der Waals surface area contributed by atoms with Crippen molar-refractivity contribution in [2.45, 2.75) is 25.3 Å². The van der Waals surface area contributed by atoms with E-state index in [1.807, 2.05) is 48.5 Å². The van der Waals surface area contributed by atoms with Gasteiger partial charge in [-0.25, -0.2) is 13.8 Å². The molecule has 190 valence electrons. The predicted molar refractivity (Wildman–Crippen MR) is 145 cm³/mol. The maximum atomic E-state index is 13.7. The highest BCUT2D eigenvalue weighted by atomic mass is 19.1. The lowest BCUT2D eigenvalue weighted by Gasteiger charge is -2.29. The first-order valence-electron chi connectivity index (χ1n) is 12.8. The topological polar surface area (TPSA) is 41.9 Å². The average Bonchev–Trinajstić information content (AvgIpc) is 3.34. The Balaban J connectivity index is 1.30. The van der Waals surface area contributed by atoms with Crippen molar-refractivity contribution >= 4 is 28.5 Å². The van der Waals surface area contributed by atoms with Crippen LogP contribution < -0.4 is 4.74 Å². The summed E-state index contributed by atoms with van der Waals surface area (Å²) in [7, 11) is 0. The summed E-state index contributed by atoms with van der Waals surface area (Å²) in [5.74, 6) is -0.296. The number of allylic oxidation sites excluding steroid dienone is 1. The summed E-state index contributed by atoms with van der Waals surface area (Å²) in [5, 5.41) is 8.47. The number of hydrazone groups is 1. The molecule has 1 amide bonds. The lowest BCUT2D eigenvalue weighted by molar-refractivity contribution is -0.135. The van der Waals surface area contributed by atoms with E-state index >= 15 is 0 Å². The van der Waals surface area contributed by atoms with Crippen molar-refractivity contribution in [3.8, 4) is 5.75 Å². The Morgan fingerprint density at radius 3 is 2.39 bits per heavy atom. The number of carbonyl (C=O) groups excluding carboxylic acids is 1. The van der Waals surface area contributed by atoms with Crippen LogP contribution in [0.2, 0.25) is 0 Å². The Morgan fingerprint density at radius 1 is 0.921 bits per heavy atom. The number of nitrogens with zero attached hydrogens (tertiary/aromatic N) is 2. The maximum absolute atomic E-state index is 13.7. The zero-order chi connectivity index (χ0) is 26.1. The lowest BCUT2D eigenvalue weighted by Crippen LogP contribution is -2.34. The van der Waals surface area contributed by atoms with Gasteiger partial charge in [-0.05, 0) is 89.2 Å². The molecule has 38 heavy (non-hydrogen) atoms. The Bertz CT molecular complexity index is 1540. The minimum Gasteiger partial charge on any atom is -0.484 e. The largest absolute Gasteiger partial charge is 0.484 e. The van der Waals surface area contributed by atoms with Crippen LogP contribution in [-0.2, 0) is 4.79 Å². The molecule has 1 fully saturated rings. The first-order chi connectivity index (χ1) is 18.5. The fourth-order valence-corrected chi connectivity index (χ4v) is 5.43. The molecule has 4 aromatic carbocycles. The summed E-state index contributed by atoms with van der Waals surface area (Å²) in [4.78, 5) is 13.5. The monoisotopic (exact) mass is 508 g/mol. The molecule has 2 aliphatic rings. The molecule has 0 aromatic heterocycles. The predicted octanol–water partition coefficient (Wildman–Crippen LogP) is 7.32. The number of hydrogen-bond donors (Lipinski definition) is 0. The standard InChI is InChI=1S/C32H26F2N2O2/c33-26-13-8-21(9-14-26)18-25-6-3-7-29-31(25)35-36(32(29)23-10-15-27(34)16-11-23)30(37)20-38-28-17-12-22-4-1-2-5-24(22)19-28/h1-2,4-5,8-19,29,32H,3,6-7,20H2/b25-18-/t29-,32-/m1/s1. The molecular formula is C32H26F2N2O2. The van der Waals surface area contributed by atoms with Crippen molar-refractivity contribution in [3.63, 3.8) is 0 Å². The molecule has 0 spiro atoms. The van der Waals surface area contributed by atoms with Crippen molar-refractivity contribution in [3.05, 3.63) is 119 Å². The molecule has 2 atom stereocenters. The molecule has 6 heteroatoms. The zero-order valence-electron chi connectivity index (χ0n) is 20.7. The highest BCUT2D eigenvalue weighted by Gasteiger charge is 2.43. The Labute approximate surface area is 219 Å². The van der Waals surface area contributed by atoms with Crippen LogP contribution >= 0.6 is 0 Å². The Kier molecular flexibility index (Phi) is 6.46. The molecular weight excluding hydrogens is 482 g/mol. The van der Waals surface area contributed by atoms with E-state index in [1.54, 1.807) is 24.3 Å². The van der Waals surface area contributed by atoms with Crippen molar-refractivity contribution in [2.75, 3.05) is 6.61 Å². The fraction of sp³-hybridized carbons (Fsp3) is 0.188. The van der Waals surface area contributed by atoms with Crippen LogP contribution in [0.15, 0.2) is 102 Å². The molecule has 4 nitrogen and oxygen atoms in total. The van der Waals surface area contributed by atoms with E-state index in [2.05, 4.69) is 0 Å². The first-order valence-corrected chi connectivity index (χ1v) is 12.8. The SMILES string of the molecule is O=C(COc1ccc2ccccc2c1)N1N=C2/C(=C\c3ccc(F)cc3)CCC[C@H]2[C@H]1c1ccc(F)cc1. The van der Waals surface area contributed by atoms with E-state index in [0.717, 1.165) is 52.4 Å². The molecule has 0 radical (unpaired) electrons. The van der Waals surface area contributed by atoms with Crippen molar-refractivity contribution in [2.24, 2.45) is 11.0 Å². The van der Waals surface area contributed by atoms with Crippen LogP contribution in [0.1, 0.15) is 36.4 Å². The highest BCUT2D eigenvalue weighted by Crippen LogP contribution is 2.44. The molecule has 0 unspecified atom stereocenters. The summed E-state index contributed by atoms with van der Waals surface area (Å²) in [6, 6.07) is 26.0. The lowest BCUT2D eigenvalue weighted by atomic mass is 9.77. The molecule has 1 saturated carbocycles. The van der Waals surface area contributed by atoms with Crippen LogP contribution in [0.4, 0.5) is 8.78 Å².